The highest BCUT2D eigenvalue weighted by molar-refractivity contribution is 7.91. The molecule has 0 saturated carbocycles. The van der Waals surface area contributed by atoms with Gasteiger partial charge in [0.2, 0.25) is 0 Å². The molecule has 0 aliphatic carbocycles. The minimum Gasteiger partial charge on any atom is -0.380 e. The Morgan fingerprint density at radius 1 is 1.00 bits per heavy atom. The van der Waals surface area contributed by atoms with Gasteiger partial charge >= 0.3 is 6.18 Å². The van der Waals surface area contributed by atoms with Gasteiger partial charge in [-0.15, -0.1) is 0 Å². The Morgan fingerprint density at radius 2 is 1.63 bits per heavy atom. The van der Waals surface area contributed by atoms with Gasteiger partial charge < -0.3 is 10.1 Å². The summed E-state index contributed by atoms with van der Waals surface area (Å²) in [5.41, 5.74) is -4.89. The number of aromatic nitrogens is 2. The molecule has 1 unspecified atom stereocenters. The second kappa shape index (κ2) is 8.56. The number of H-pyrrole nitrogens is 1. The van der Waals surface area contributed by atoms with Gasteiger partial charge in [-0.1, -0.05) is 26.0 Å². The van der Waals surface area contributed by atoms with Crippen molar-refractivity contribution < 1.29 is 39.5 Å². The zero-order chi connectivity index (χ0) is 26.6. The molecule has 2 aromatic heterocycles. The number of nitrogens with one attached hydrogen (secondary N) is 1. The van der Waals surface area contributed by atoms with Crippen molar-refractivity contribution in [3.8, 4) is 0 Å². The van der Waals surface area contributed by atoms with Crippen LogP contribution in [0.25, 0.3) is 11.0 Å². The molecule has 13 heteroatoms. The normalized spacial score (nSPS) is 15.3. The molecule has 3 rings (SSSR count). The third-order valence-corrected chi connectivity index (χ3v) is 7.84. The van der Waals surface area contributed by atoms with Gasteiger partial charge in [0.05, 0.1) is 11.0 Å². The highest BCUT2D eigenvalue weighted by Gasteiger charge is 2.56. The van der Waals surface area contributed by atoms with Gasteiger partial charge in [-0.25, -0.2) is 26.2 Å². The third kappa shape index (κ3) is 5.51. The quantitative estimate of drug-likeness (QED) is 0.445. The zero-order valence-corrected chi connectivity index (χ0v) is 20.9. The number of benzene rings is 1. The molecule has 0 radical (unpaired) electrons. The fraction of sp³-hybridized carbons (Fsp3) is 0.409. The number of aromatic amines is 1. The van der Waals surface area contributed by atoms with E-state index in [2.05, 4.69) is 9.97 Å². The van der Waals surface area contributed by atoms with E-state index in [4.69, 9.17) is 0 Å². The van der Waals surface area contributed by atoms with Crippen LogP contribution in [0.5, 0.6) is 0 Å². The van der Waals surface area contributed by atoms with Crippen LogP contribution in [0.2, 0.25) is 0 Å². The van der Waals surface area contributed by atoms with Crippen LogP contribution in [0, 0.1) is 5.82 Å². The Hall–Kier alpha value is -2.51. The monoisotopic (exact) mass is 536 g/mol. The first kappa shape index (κ1) is 27.1. The van der Waals surface area contributed by atoms with Gasteiger partial charge in [0.25, 0.3) is 0 Å². The first-order valence-corrected chi connectivity index (χ1v) is 14.0. The van der Waals surface area contributed by atoms with Gasteiger partial charge in [0, 0.05) is 24.6 Å². The second-order valence-corrected chi connectivity index (χ2v) is 13.2. The van der Waals surface area contributed by atoms with Gasteiger partial charge in [0.15, 0.2) is 30.3 Å². The number of nitrogens with zero attached hydrogens (tertiary/aromatic N) is 1. The van der Waals surface area contributed by atoms with Gasteiger partial charge in [-0.05, 0) is 41.7 Å². The van der Waals surface area contributed by atoms with Crippen LogP contribution in [0.4, 0.5) is 17.6 Å². The van der Waals surface area contributed by atoms with E-state index in [1.165, 1.54) is 44.2 Å². The van der Waals surface area contributed by atoms with E-state index in [0.29, 0.717) is 0 Å². The molecule has 0 aliphatic heterocycles. The second-order valence-electron chi connectivity index (χ2n) is 9.30. The largest absolute Gasteiger partial charge is 0.417 e. The zero-order valence-electron chi connectivity index (χ0n) is 19.2. The number of sulfone groups is 2. The highest BCUT2D eigenvalue weighted by atomic mass is 32.2. The summed E-state index contributed by atoms with van der Waals surface area (Å²) in [6.07, 6.45) is -5.41. The molecule has 2 heterocycles. The maximum atomic E-state index is 14.4. The van der Waals surface area contributed by atoms with E-state index in [1.54, 1.807) is 0 Å². The molecular formula is C22H24F4N2O5S2. The fourth-order valence-corrected chi connectivity index (χ4v) is 5.92. The average molecular weight is 537 g/mol. The average Bonchev–Trinajstić information content (AvgIpc) is 3.05. The molecule has 35 heavy (non-hydrogen) atoms. The molecule has 192 valence electrons. The van der Waals surface area contributed by atoms with E-state index in [0.717, 1.165) is 18.6 Å². The molecule has 1 aromatic carbocycles. The highest BCUT2D eigenvalue weighted by Crippen LogP contribution is 2.44. The Labute approximate surface area is 200 Å². The summed E-state index contributed by atoms with van der Waals surface area (Å²) in [6, 6.07) is 7.07. The van der Waals surface area contributed by atoms with E-state index in [-0.39, 0.29) is 27.3 Å². The molecule has 0 spiro atoms. The smallest absolute Gasteiger partial charge is 0.380 e. The summed E-state index contributed by atoms with van der Waals surface area (Å²) in [5.74, 6) is -1.10. The Kier molecular flexibility index (Phi) is 6.62. The number of aliphatic hydroxyl groups is 1. The molecule has 2 N–H and O–H groups in total. The number of pyridine rings is 1. The van der Waals surface area contributed by atoms with E-state index in [9.17, 15) is 39.5 Å². The van der Waals surface area contributed by atoms with Crippen LogP contribution < -0.4 is 0 Å². The standard InChI is InChI=1S/C22H24F4N2O5S2/c1-20(2,14-6-5-7-15(23)19(14)35(4,32)33)12-21(29,22(24,25)26)11-13-10-17-16(27-13)8-9-18(28-17)34(3,30)31/h5-10,27,29H,11-12H2,1-4H3. The van der Waals surface area contributed by atoms with Crippen LogP contribution in [0.3, 0.4) is 0 Å². The predicted octanol–water partition coefficient (Wildman–Crippen LogP) is 3.71. The molecule has 0 fully saturated rings. The van der Waals surface area contributed by atoms with Crippen molar-refractivity contribution >= 4 is 30.7 Å². The van der Waals surface area contributed by atoms with Gasteiger partial charge in [0.1, 0.15) is 10.7 Å². The van der Waals surface area contributed by atoms with Gasteiger partial charge in [-0.2, -0.15) is 13.2 Å². The number of alkyl halides is 3. The van der Waals surface area contributed by atoms with E-state index < -0.39 is 60.4 Å². The SMILES string of the molecule is CC(C)(CC(O)(Cc1cc2nc(S(C)(=O)=O)ccc2[nH]1)C(F)(F)F)c1cccc(F)c1S(C)(=O)=O. The lowest BCUT2D eigenvalue weighted by atomic mass is 9.73. The van der Waals surface area contributed by atoms with Crippen molar-refractivity contribution in [3.05, 3.63) is 53.5 Å². The molecule has 1 atom stereocenters. The molecule has 3 aromatic rings. The summed E-state index contributed by atoms with van der Waals surface area (Å²) >= 11 is 0. The van der Waals surface area contributed by atoms with Crippen LogP contribution in [-0.4, -0.2) is 56.2 Å². The minimum atomic E-state index is -5.15. The first-order valence-electron chi connectivity index (χ1n) is 10.2. The molecule has 0 amide bonds. The number of hydrogen-bond donors (Lipinski definition) is 2. The molecule has 0 bridgehead atoms. The van der Waals surface area contributed by atoms with Crippen molar-refractivity contribution in [2.45, 2.75) is 53.8 Å². The lowest BCUT2D eigenvalue weighted by molar-refractivity contribution is -0.266. The minimum absolute atomic E-state index is 0.0728. The Bertz CT molecular complexity index is 1500. The third-order valence-electron chi connectivity index (χ3n) is 5.70. The van der Waals surface area contributed by atoms with Crippen molar-refractivity contribution in [1.29, 1.82) is 0 Å². The summed E-state index contributed by atoms with van der Waals surface area (Å²) in [6.45, 7) is 2.58. The Morgan fingerprint density at radius 3 is 2.17 bits per heavy atom. The topological polar surface area (TPSA) is 117 Å². The summed E-state index contributed by atoms with van der Waals surface area (Å²) in [4.78, 5) is 5.91. The van der Waals surface area contributed by atoms with Crippen LogP contribution in [0.1, 0.15) is 31.5 Å². The van der Waals surface area contributed by atoms with Crippen LogP contribution >= 0.6 is 0 Å². The molecule has 7 nitrogen and oxygen atoms in total. The molecule has 0 saturated heterocycles. The number of rotatable bonds is 7. The summed E-state index contributed by atoms with van der Waals surface area (Å²) in [5, 5.41) is 10.6. The lowest BCUT2D eigenvalue weighted by Crippen LogP contribution is -2.51. The Balaban J connectivity index is 2.06. The van der Waals surface area contributed by atoms with E-state index in [1.807, 2.05) is 0 Å². The lowest BCUT2D eigenvalue weighted by Gasteiger charge is -2.38. The number of fused-ring (bicyclic) bond motifs is 1. The number of hydrogen-bond acceptors (Lipinski definition) is 6. The van der Waals surface area contributed by atoms with Crippen molar-refractivity contribution in [1.82, 2.24) is 9.97 Å². The van der Waals surface area contributed by atoms with E-state index >= 15 is 0 Å². The first-order chi connectivity index (χ1) is 15.7. The maximum absolute atomic E-state index is 14.4. The molecule has 0 aliphatic rings. The van der Waals surface area contributed by atoms with Crippen LogP contribution in [-0.2, 0) is 31.5 Å². The maximum Gasteiger partial charge on any atom is 0.417 e. The van der Waals surface area contributed by atoms with Crippen molar-refractivity contribution in [2.24, 2.45) is 0 Å². The van der Waals surface area contributed by atoms with Crippen LogP contribution in [0.15, 0.2) is 46.3 Å². The van der Waals surface area contributed by atoms with Crippen molar-refractivity contribution in [2.75, 3.05) is 12.5 Å². The summed E-state index contributed by atoms with van der Waals surface area (Å²) < 4.78 is 105. The number of halogens is 4. The fourth-order valence-electron chi connectivity index (χ4n) is 4.17. The summed E-state index contributed by atoms with van der Waals surface area (Å²) in [7, 11) is -7.78. The van der Waals surface area contributed by atoms with Gasteiger partial charge in [-0.3, -0.25) is 0 Å². The predicted molar refractivity (Wildman–Crippen MR) is 121 cm³/mol. The molecular weight excluding hydrogens is 512 g/mol. The van der Waals surface area contributed by atoms with Crippen molar-refractivity contribution in [3.63, 3.8) is 0 Å².